The summed E-state index contributed by atoms with van der Waals surface area (Å²) in [5, 5.41) is 3.65. The van der Waals surface area contributed by atoms with Gasteiger partial charge in [0.05, 0.1) is 17.4 Å². The first kappa shape index (κ1) is 12.7. The van der Waals surface area contributed by atoms with Crippen LogP contribution in [0.4, 0.5) is 5.69 Å². The maximum absolute atomic E-state index is 4.54. The molecule has 1 aromatic carbocycles. The smallest absolute Gasteiger partial charge is 0.0691 e. The van der Waals surface area contributed by atoms with Gasteiger partial charge in [0.1, 0.15) is 0 Å². The van der Waals surface area contributed by atoms with E-state index in [0.29, 0.717) is 6.04 Å². The molecule has 0 aliphatic heterocycles. The van der Waals surface area contributed by atoms with E-state index in [1.165, 1.54) is 28.1 Å². The van der Waals surface area contributed by atoms with Crippen molar-refractivity contribution >= 4 is 21.6 Å². The van der Waals surface area contributed by atoms with Gasteiger partial charge in [-0.25, -0.2) is 0 Å². The average Bonchev–Trinajstić information content (AvgIpc) is 2.77. The van der Waals surface area contributed by atoms with Crippen LogP contribution in [0.2, 0.25) is 0 Å². The number of fused-ring (bicyclic) bond motifs is 1. The number of rotatable bonds is 2. The number of anilines is 1. The Bertz CT molecular complexity index is 599. The number of nitrogens with zero attached hydrogens (tertiary/aromatic N) is 1. The van der Waals surface area contributed by atoms with Crippen LogP contribution in [0.3, 0.4) is 0 Å². The van der Waals surface area contributed by atoms with E-state index in [-0.39, 0.29) is 0 Å². The zero-order valence-electron chi connectivity index (χ0n) is 11.2. The van der Waals surface area contributed by atoms with Gasteiger partial charge in [0, 0.05) is 10.7 Å². The van der Waals surface area contributed by atoms with Gasteiger partial charge in [0.25, 0.3) is 0 Å². The molecule has 2 aromatic rings. The Balaban J connectivity index is 1.92. The topological polar surface area (TPSA) is 24.9 Å². The van der Waals surface area contributed by atoms with Crippen molar-refractivity contribution in [2.45, 2.75) is 32.7 Å². The average molecular weight is 317 g/mol. The Labute approximate surface area is 122 Å². The van der Waals surface area contributed by atoms with Gasteiger partial charge in [0.2, 0.25) is 0 Å². The minimum absolute atomic E-state index is 0.328. The normalized spacial score (nSPS) is 17.3. The summed E-state index contributed by atoms with van der Waals surface area (Å²) in [6.07, 6.45) is 4.12. The third-order valence-corrected chi connectivity index (χ3v) is 4.33. The molecule has 0 amide bonds. The fourth-order valence-corrected chi connectivity index (χ4v) is 3.61. The monoisotopic (exact) mass is 316 g/mol. The number of pyridine rings is 1. The lowest BCUT2D eigenvalue weighted by molar-refractivity contribution is 0.744. The maximum Gasteiger partial charge on any atom is 0.0691 e. The van der Waals surface area contributed by atoms with Crippen LogP contribution >= 0.6 is 15.9 Å². The number of aromatic nitrogens is 1. The van der Waals surface area contributed by atoms with E-state index < -0.39 is 0 Å². The number of halogens is 1. The Kier molecular flexibility index (Phi) is 3.31. The molecule has 0 radical (unpaired) electrons. The minimum Gasteiger partial charge on any atom is -0.376 e. The summed E-state index contributed by atoms with van der Waals surface area (Å²) in [4.78, 5) is 4.54. The van der Waals surface area contributed by atoms with Crippen molar-refractivity contribution in [3.63, 3.8) is 0 Å². The van der Waals surface area contributed by atoms with E-state index in [1.54, 1.807) is 0 Å². The summed E-state index contributed by atoms with van der Waals surface area (Å²) in [6.45, 7) is 4.27. The molecule has 0 fully saturated rings. The first-order valence-corrected chi connectivity index (χ1v) is 7.41. The molecule has 1 atom stereocenters. The van der Waals surface area contributed by atoms with Gasteiger partial charge in [-0.05, 0) is 71.4 Å². The first-order chi connectivity index (χ1) is 9.15. The molecule has 1 heterocycles. The maximum atomic E-state index is 4.54. The molecular weight excluding hydrogens is 300 g/mol. The molecule has 0 saturated carbocycles. The van der Waals surface area contributed by atoms with Crippen molar-refractivity contribution in [1.82, 2.24) is 4.98 Å². The Morgan fingerprint density at radius 2 is 2.16 bits per heavy atom. The van der Waals surface area contributed by atoms with Gasteiger partial charge in [-0.15, -0.1) is 0 Å². The molecule has 1 aliphatic carbocycles. The van der Waals surface area contributed by atoms with E-state index >= 15 is 0 Å². The van der Waals surface area contributed by atoms with E-state index in [4.69, 9.17) is 0 Å². The highest BCUT2D eigenvalue weighted by atomic mass is 79.9. The quantitative estimate of drug-likeness (QED) is 0.878. The van der Waals surface area contributed by atoms with Crippen LogP contribution in [-0.2, 0) is 6.42 Å². The lowest BCUT2D eigenvalue weighted by Gasteiger charge is -2.18. The fraction of sp³-hybridized carbons (Fsp3) is 0.312. The van der Waals surface area contributed by atoms with E-state index in [0.717, 1.165) is 17.3 Å². The zero-order chi connectivity index (χ0) is 13.4. The van der Waals surface area contributed by atoms with Crippen LogP contribution in [0, 0.1) is 13.8 Å². The zero-order valence-corrected chi connectivity index (χ0v) is 12.8. The molecule has 1 aromatic heterocycles. The van der Waals surface area contributed by atoms with E-state index in [9.17, 15) is 0 Å². The molecular formula is C16H17BrN2. The van der Waals surface area contributed by atoms with E-state index in [2.05, 4.69) is 58.3 Å². The standard InChI is InChI=1S/C16H17BrN2/c1-10-8-11(2)15(13(17)9-10)19-14-6-5-12-4-3-7-18-16(12)14/h3-4,7-9,14,19H,5-6H2,1-2H3. The van der Waals surface area contributed by atoms with Crippen LogP contribution in [-0.4, -0.2) is 4.98 Å². The van der Waals surface area contributed by atoms with Gasteiger partial charge < -0.3 is 5.32 Å². The van der Waals surface area contributed by atoms with Crippen molar-refractivity contribution in [1.29, 1.82) is 0 Å². The highest BCUT2D eigenvalue weighted by Crippen LogP contribution is 2.36. The largest absolute Gasteiger partial charge is 0.376 e. The molecule has 1 aliphatic rings. The molecule has 1 N–H and O–H groups in total. The predicted molar refractivity (Wildman–Crippen MR) is 82.5 cm³/mol. The SMILES string of the molecule is Cc1cc(C)c(NC2CCc3cccnc32)c(Br)c1. The highest BCUT2D eigenvalue weighted by Gasteiger charge is 2.24. The second-order valence-electron chi connectivity index (χ2n) is 5.22. The Morgan fingerprint density at radius 1 is 1.32 bits per heavy atom. The third-order valence-electron chi connectivity index (χ3n) is 3.71. The number of aryl methyl sites for hydroxylation is 3. The summed E-state index contributed by atoms with van der Waals surface area (Å²) in [7, 11) is 0. The van der Waals surface area contributed by atoms with Crippen LogP contribution in [0.15, 0.2) is 34.9 Å². The number of hydrogen-bond donors (Lipinski definition) is 1. The van der Waals surface area contributed by atoms with Crippen molar-refractivity contribution < 1.29 is 0 Å². The van der Waals surface area contributed by atoms with Crippen LogP contribution in [0.5, 0.6) is 0 Å². The van der Waals surface area contributed by atoms with Crippen molar-refractivity contribution in [3.05, 3.63) is 57.3 Å². The van der Waals surface area contributed by atoms with Crippen LogP contribution in [0.1, 0.15) is 34.8 Å². The number of nitrogens with one attached hydrogen (secondary N) is 1. The second kappa shape index (κ2) is 4.97. The summed E-state index contributed by atoms with van der Waals surface area (Å²) in [5.74, 6) is 0. The van der Waals surface area contributed by atoms with Crippen molar-refractivity contribution in [3.8, 4) is 0 Å². The van der Waals surface area contributed by atoms with Gasteiger partial charge in [0.15, 0.2) is 0 Å². The molecule has 1 unspecified atom stereocenters. The fourth-order valence-electron chi connectivity index (χ4n) is 2.83. The minimum atomic E-state index is 0.328. The first-order valence-electron chi connectivity index (χ1n) is 6.62. The summed E-state index contributed by atoms with van der Waals surface area (Å²) >= 11 is 3.66. The molecule has 0 saturated heterocycles. The lowest BCUT2D eigenvalue weighted by atomic mass is 10.1. The van der Waals surface area contributed by atoms with E-state index in [1.807, 2.05) is 12.3 Å². The third kappa shape index (κ3) is 2.39. The van der Waals surface area contributed by atoms with Crippen LogP contribution in [0.25, 0.3) is 0 Å². The molecule has 19 heavy (non-hydrogen) atoms. The Hall–Kier alpha value is -1.35. The molecule has 0 bridgehead atoms. The van der Waals surface area contributed by atoms with Crippen molar-refractivity contribution in [2.24, 2.45) is 0 Å². The summed E-state index contributed by atoms with van der Waals surface area (Å²) in [5.41, 5.74) is 6.32. The van der Waals surface area contributed by atoms with Crippen molar-refractivity contribution in [2.75, 3.05) is 5.32 Å². The summed E-state index contributed by atoms with van der Waals surface area (Å²) < 4.78 is 1.13. The highest BCUT2D eigenvalue weighted by molar-refractivity contribution is 9.10. The second-order valence-corrected chi connectivity index (χ2v) is 6.08. The Morgan fingerprint density at radius 3 is 2.95 bits per heavy atom. The summed E-state index contributed by atoms with van der Waals surface area (Å²) in [6, 6.07) is 8.90. The molecule has 3 rings (SSSR count). The predicted octanol–water partition coefficient (Wildman–Crippen LogP) is 4.56. The lowest BCUT2D eigenvalue weighted by Crippen LogP contribution is -2.10. The molecule has 3 heteroatoms. The van der Waals surface area contributed by atoms with Gasteiger partial charge >= 0.3 is 0 Å². The molecule has 98 valence electrons. The van der Waals surface area contributed by atoms with Crippen LogP contribution < -0.4 is 5.32 Å². The molecule has 0 spiro atoms. The molecule has 2 nitrogen and oxygen atoms in total. The number of benzene rings is 1. The van der Waals surface area contributed by atoms with Gasteiger partial charge in [-0.3, -0.25) is 4.98 Å². The van der Waals surface area contributed by atoms with Gasteiger partial charge in [-0.2, -0.15) is 0 Å². The van der Waals surface area contributed by atoms with Gasteiger partial charge in [-0.1, -0.05) is 12.1 Å². The number of hydrogen-bond acceptors (Lipinski definition) is 2.